The molecule has 0 fully saturated rings. The van der Waals surface area contributed by atoms with E-state index in [0.29, 0.717) is 28.6 Å². The normalized spacial score (nSPS) is 12.4. The number of halogens is 2. The summed E-state index contributed by atoms with van der Waals surface area (Å²) in [4.78, 5) is 28.0. The summed E-state index contributed by atoms with van der Waals surface area (Å²) in [7, 11) is -3.56. The summed E-state index contributed by atoms with van der Waals surface area (Å²) in [5, 5.41) is 3.66. The number of aryl methyl sites for hydroxylation is 2. The van der Waals surface area contributed by atoms with E-state index in [1.807, 2.05) is 52.8 Å². The third-order valence-electron chi connectivity index (χ3n) is 5.80. The number of carbonyl (C=O) groups excluding carboxylic acids is 2. The van der Waals surface area contributed by atoms with Gasteiger partial charge in [-0.05, 0) is 81.5 Å². The predicted molar refractivity (Wildman–Crippen MR) is 152 cm³/mol. The standard InChI is InChI=1S/C27H37Cl2N3O4S/c1-7-25(27(34)30-18(2)3)31(17-21-10-11-23(28)24(29)16-21)26(33)9-8-12-32(37(6,35)36)22-14-19(4)13-20(5)15-22/h10-11,13-16,18,25H,7-9,12,17H2,1-6H3,(H,30,34). The van der Waals surface area contributed by atoms with E-state index in [1.54, 1.807) is 23.1 Å². The molecule has 0 heterocycles. The average molecular weight is 571 g/mol. The van der Waals surface area contributed by atoms with Crippen LogP contribution in [-0.4, -0.2) is 50.0 Å². The molecule has 2 aromatic carbocycles. The second-order valence-corrected chi connectivity index (χ2v) is 12.4. The maximum atomic E-state index is 13.5. The lowest BCUT2D eigenvalue weighted by molar-refractivity contribution is -0.141. The molecular formula is C27H37Cl2N3O4S. The van der Waals surface area contributed by atoms with Gasteiger partial charge in [-0.15, -0.1) is 0 Å². The van der Waals surface area contributed by atoms with Crippen molar-refractivity contribution in [2.45, 2.75) is 72.5 Å². The van der Waals surface area contributed by atoms with Crippen LogP contribution in [0.25, 0.3) is 0 Å². The highest BCUT2D eigenvalue weighted by Gasteiger charge is 2.29. The minimum atomic E-state index is -3.56. The second-order valence-electron chi connectivity index (χ2n) is 9.64. The van der Waals surface area contributed by atoms with Crippen LogP contribution >= 0.6 is 23.2 Å². The van der Waals surface area contributed by atoms with Crippen molar-refractivity contribution in [3.05, 3.63) is 63.1 Å². The number of anilines is 1. The van der Waals surface area contributed by atoms with Crippen LogP contribution in [0.4, 0.5) is 5.69 Å². The molecule has 0 aromatic heterocycles. The molecule has 0 aliphatic rings. The van der Waals surface area contributed by atoms with Crippen molar-refractivity contribution in [2.24, 2.45) is 0 Å². The Hall–Kier alpha value is -2.29. The van der Waals surface area contributed by atoms with Crippen molar-refractivity contribution < 1.29 is 18.0 Å². The van der Waals surface area contributed by atoms with Crippen LogP contribution in [0.3, 0.4) is 0 Å². The van der Waals surface area contributed by atoms with Gasteiger partial charge < -0.3 is 10.2 Å². The molecular weight excluding hydrogens is 533 g/mol. The predicted octanol–water partition coefficient (Wildman–Crippen LogP) is 5.49. The number of amides is 2. The van der Waals surface area contributed by atoms with Crippen LogP contribution in [-0.2, 0) is 26.2 Å². The van der Waals surface area contributed by atoms with E-state index in [4.69, 9.17) is 23.2 Å². The van der Waals surface area contributed by atoms with Gasteiger partial charge in [0.2, 0.25) is 21.8 Å². The van der Waals surface area contributed by atoms with Gasteiger partial charge >= 0.3 is 0 Å². The van der Waals surface area contributed by atoms with Gasteiger partial charge in [0.15, 0.2) is 0 Å². The molecule has 10 heteroatoms. The van der Waals surface area contributed by atoms with Gasteiger partial charge in [-0.25, -0.2) is 8.42 Å². The van der Waals surface area contributed by atoms with Crippen LogP contribution in [0.1, 0.15) is 56.7 Å². The van der Waals surface area contributed by atoms with Crippen molar-refractivity contribution in [3.8, 4) is 0 Å². The van der Waals surface area contributed by atoms with E-state index < -0.39 is 16.1 Å². The maximum absolute atomic E-state index is 13.5. The molecule has 204 valence electrons. The summed E-state index contributed by atoms with van der Waals surface area (Å²) in [6, 6.07) is 9.95. The Balaban J connectivity index is 2.27. The van der Waals surface area contributed by atoms with E-state index >= 15 is 0 Å². The third kappa shape index (κ3) is 9.20. The van der Waals surface area contributed by atoms with Crippen LogP contribution < -0.4 is 9.62 Å². The third-order valence-corrected chi connectivity index (χ3v) is 7.73. The zero-order valence-corrected chi connectivity index (χ0v) is 24.7. The Morgan fingerprint density at radius 3 is 2.14 bits per heavy atom. The molecule has 0 aliphatic carbocycles. The van der Waals surface area contributed by atoms with Crippen molar-refractivity contribution >= 4 is 50.7 Å². The molecule has 0 saturated carbocycles. The smallest absolute Gasteiger partial charge is 0.243 e. The molecule has 2 aromatic rings. The quantitative estimate of drug-likeness (QED) is 0.366. The number of nitrogens with zero attached hydrogens (tertiary/aromatic N) is 2. The first-order valence-corrected chi connectivity index (χ1v) is 14.9. The van der Waals surface area contributed by atoms with Gasteiger partial charge in [0, 0.05) is 25.6 Å². The number of hydrogen-bond donors (Lipinski definition) is 1. The lowest BCUT2D eigenvalue weighted by Crippen LogP contribution is -2.50. The van der Waals surface area contributed by atoms with Gasteiger partial charge in [-0.2, -0.15) is 0 Å². The monoisotopic (exact) mass is 569 g/mol. The number of hydrogen-bond acceptors (Lipinski definition) is 4. The van der Waals surface area contributed by atoms with Crippen molar-refractivity contribution in [2.75, 3.05) is 17.1 Å². The van der Waals surface area contributed by atoms with Gasteiger partial charge in [-0.3, -0.25) is 13.9 Å². The topological polar surface area (TPSA) is 86.8 Å². The Morgan fingerprint density at radius 1 is 1.00 bits per heavy atom. The highest BCUT2D eigenvalue weighted by Crippen LogP contribution is 2.25. The Morgan fingerprint density at radius 2 is 1.62 bits per heavy atom. The first kappa shape index (κ1) is 30.9. The largest absolute Gasteiger partial charge is 0.352 e. The number of sulfonamides is 1. The fourth-order valence-electron chi connectivity index (χ4n) is 4.23. The Bertz CT molecular complexity index is 1200. The maximum Gasteiger partial charge on any atom is 0.243 e. The van der Waals surface area contributed by atoms with Gasteiger partial charge in [0.25, 0.3) is 0 Å². The molecule has 2 amide bonds. The summed E-state index contributed by atoms with van der Waals surface area (Å²) < 4.78 is 26.5. The molecule has 37 heavy (non-hydrogen) atoms. The lowest BCUT2D eigenvalue weighted by atomic mass is 10.1. The van der Waals surface area contributed by atoms with Crippen LogP contribution in [0, 0.1) is 13.8 Å². The summed E-state index contributed by atoms with van der Waals surface area (Å²) in [6.45, 7) is 9.72. The van der Waals surface area contributed by atoms with Crippen LogP contribution in [0.15, 0.2) is 36.4 Å². The lowest BCUT2D eigenvalue weighted by Gasteiger charge is -2.31. The van der Waals surface area contributed by atoms with Crippen molar-refractivity contribution in [1.82, 2.24) is 10.2 Å². The number of nitrogens with one attached hydrogen (secondary N) is 1. The van der Waals surface area contributed by atoms with Crippen molar-refractivity contribution in [3.63, 3.8) is 0 Å². The molecule has 1 N–H and O–H groups in total. The number of carbonyl (C=O) groups is 2. The van der Waals surface area contributed by atoms with Gasteiger partial charge in [0.05, 0.1) is 22.0 Å². The highest BCUT2D eigenvalue weighted by atomic mass is 35.5. The minimum absolute atomic E-state index is 0.0730. The molecule has 0 aliphatic heterocycles. The molecule has 7 nitrogen and oxygen atoms in total. The molecule has 0 saturated heterocycles. The fraction of sp³-hybridized carbons (Fsp3) is 0.481. The first-order valence-electron chi connectivity index (χ1n) is 12.3. The molecule has 0 bridgehead atoms. The molecule has 1 atom stereocenters. The molecule has 1 unspecified atom stereocenters. The van der Waals surface area contributed by atoms with Crippen LogP contribution in [0.5, 0.6) is 0 Å². The van der Waals surface area contributed by atoms with E-state index in [0.717, 1.165) is 22.9 Å². The minimum Gasteiger partial charge on any atom is -0.352 e. The van der Waals surface area contributed by atoms with E-state index in [-0.39, 0.29) is 37.4 Å². The average Bonchev–Trinajstić information content (AvgIpc) is 2.76. The summed E-state index contributed by atoms with van der Waals surface area (Å²) in [5.74, 6) is -0.482. The molecule has 0 spiro atoms. The summed E-state index contributed by atoms with van der Waals surface area (Å²) in [6.07, 6.45) is 1.94. The van der Waals surface area contributed by atoms with Gasteiger partial charge in [0.1, 0.15) is 6.04 Å². The summed E-state index contributed by atoms with van der Waals surface area (Å²) >= 11 is 12.2. The first-order chi connectivity index (χ1) is 17.2. The number of benzene rings is 2. The Labute approximate surface area is 231 Å². The fourth-order valence-corrected chi connectivity index (χ4v) is 5.50. The van der Waals surface area contributed by atoms with Crippen molar-refractivity contribution in [1.29, 1.82) is 0 Å². The second kappa shape index (κ2) is 13.5. The SMILES string of the molecule is CCC(C(=O)NC(C)C)N(Cc1ccc(Cl)c(Cl)c1)C(=O)CCCN(c1cc(C)cc(C)c1)S(C)(=O)=O. The van der Waals surface area contributed by atoms with Gasteiger partial charge in [-0.1, -0.05) is 42.3 Å². The zero-order valence-electron chi connectivity index (χ0n) is 22.3. The van der Waals surface area contributed by atoms with E-state index in [2.05, 4.69) is 5.32 Å². The zero-order chi connectivity index (χ0) is 27.9. The molecule has 0 radical (unpaired) electrons. The highest BCUT2D eigenvalue weighted by molar-refractivity contribution is 7.92. The van der Waals surface area contributed by atoms with E-state index in [1.165, 1.54) is 4.31 Å². The number of rotatable bonds is 12. The van der Waals surface area contributed by atoms with E-state index in [9.17, 15) is 18.0 Å². The van der Waals surface area contributed by atoms with Crippen LogP contribution in [0.2, 0.25) is 10.0 Å². The molecule has 2 rings (SSSR count). The Kier molecular flexibility index (Phi) is 11.3. The summed E-state index contributed by atoms with van der Waals surface area (Å²) in [5.41, 5.74) is 3.22.